The maximum Gasteiger partial charge on any atom is 0.189 e. The first-order chi connectivity index (χ1) is 8.69. The van der Waals surface area contributed by atoms with Crippen molar-refractivity contribution in [3.05, 3.63) is 29.6 Å². The number of nitrogens with zero attached hydrogens (tertiary/aromatic N) is 2. The van der Waals surface area contributed by atoms with Crippen molar-refractivity contribution in [2.24, 2.45) is 16.8 Å². The molecule has 1 rings (SSSR count). The van der Waals surface area contributed by atoms with Crippen LogP contribution < -0.4 is 11.1 Å². The van der Waals surface area contributed by atoms with Gasteiger partial charge >= 0.3 is 0 Å². The number of aromatic nitrogens is 1. The molecule has 0 aliphatic rings. The van der Waals surface area contributed by atoms with E-state index < -0.39 is 0 Å². The summed E-state index contributed by atoms with van der Waals surface area (Å²) in [5.74, 6) is 1.79. The molecule has 1 aromatic rings. The fourth-order valence-electron chi connectivity index (χ4n) is 1.66. The molecule has 100 valence electrons. The molecule has 18 heavy (non-hydrogen) atoms. The van der Waals surface area contributed by atoms with Crippen molar-refractivity contribution in [3.8, 4) is 0 Å². The van der Waals surface area contributed by atoms with E-state index in [0.717, 1.165) is 17.9 Å². The Morgan fingerprint density at radius 3 is 3.11 bits per heavy atom. The summed E-state index contributed by atoms with van der Waals surface area (Å²) in [6.45, 7) is 3.81. The Kier molecular flexibility index (Phi) is 6.53. The number of nitrogens with one attached hydrogen (secondary N) is 1. The second kappa shape index (κ2) is 7.94. The molecule has 0 fully saturated rings. The van der Waals surface area contributed by atoms with E-state index in [9.17, 15) is 0 Å². The SMILES string of the molecule is CSCC(C)CNCc1cccnc1C(N)=NO. The highest BCUT2D eigenvalue weighted by atomic mass is 32.2. The van der Waals surface area contributed by atoms with Gasteiger partial charge in [-0.15, -0.1) is 0 Å². The summed E-state index contributed by atoms with van der Waals surface area (Å²) in [4.78, 5) is 4.12. The normalized spacial score (nSPS) is 13.6. The van der Waals surface area contributed by atoms with Crippen LogP contribution in [0.5, 0.6) is 0 Å². The van der Waals surface area contributed by atoms with Gasteiger partial charge in [0, 0.05) is 12.7 Å². The molecule has 6 heteroatoms. The largest absolute Gasteiger partial charge is 0.409 e. The third-order valence-corrected chi connectivity index (χ3v) is 3.40. The topological polar surface area (TPSA) is 83.5 Å². The van der Waals surface area contributed by atoms with Crippen molar-refractivity contribution in [2.75, 3.05) is 18.6 Å². The number of hydrogen-bond acceptors (Lipinski definition) is 5. The van der Waals surface area contributed by atoms with Crippen LogP contribution in [0.3, 0.4) is 0 Å². The van der Waals surface area contributed by atoms with E-state index in [2.05, 4.69) is 28.6 Å². The third kappa shape index (κ3) is 4.54. The molecular weight excluding hydrogens is 248 g/mol. The van der Waals surface area contributed by atoms with Crippen molar-refractivity contribution in [1.29, 1.82) is 0 Å². The number of thioether (sulfide) groups is 1. The first-order valence-electron chi connectivity index (χ1n) is 5.80. The van der Waals surface area contributed by atoms with Gasteiger partial charge in [0.25, 0.3) is 0 Å². The van der Waals surface area contributed by atoms with Gasteiger partial charge in [-0.05, 0) is 36.1 Å². The van der Waals surface area contributed by atoms with Gasteiger partial charge in [-0.3, -0.25) is 4.98 Å². The van der Waals surface area contributed by atoms with Gasteiger partial charge in [0.15, 0.2) is 5.84 Å². The van der Waals surface area contributed by atoms with Crippen LogP contribution in [0, 0.1) is 5.92 Å². The van der Waals surface area contributed by atoms with E-state index in [0.29, 0.717) is 18.2 Å². The van der Waals surface area contributed by atoms with Crippen molar-refractivity contribution < 1.29 is 5.21 Å². The van der Waals surface area contributed by atoms with Gasteiger partial charge in [0.2, 0.25) is 0 Å². The van der Waals surface area contributed by atoms with Crippen LogP contribution in [0.15, 0.2) is 23.5 Å². The molecule has 0 amide bonds. The van der Waals surface area contributed by atoms with Crippen molar-refractivity contribution >= 4 is 17.6 Å². The Labute approximate surface area is 112 Å². The minimum absolute atomic E-state index is 0.0459. The maximum absolute atomic E-state index is 8.70. The average molecular weight is 268 g/mol. The molecule has 0 bridgehead atoms. The molecule has 0 spiro atoms. The molecule has 4 N–H and O–H groups in total. The fraction of sp³-hybridized carbons (Fsp3) is 0.500. The van der Waals surface area contributed by atoms with Crippen LogP contribution in [-0.2, 0) is 6.54 Å². The minimum Gasteiger partial charge on any atom is -0.409 e. The van der Waals surface area contributed by atoms with E-state index in [1.807, 2.05) is 23.9 Å². The summed E-state index contributed by atoms with van der Waals surface area (Å²) in [6.07, 6.45) is 3.74. The second-order valence-electron chi connectivity index (χ2n) is 4.19. The summed E-state index contributed by atoms with van der Waals surface area (Å²) in [7, 11) is 0. The highest BCUT2D eigenvalue weighted by Gasteiger charge is 2.08. The van der Waals surface area contributed by atoms with Gasteiger partial charge in [0.1, 0.15) is 5.69 Å². The van der Waals surface area contributed by atoms with E-state index in [4.69, 9.17) is 10.9 Å². The predicted octanol–water partition coefficient (Wildman–Crippen LogP) is 1.26. The molecular formula is C12H20N4OS. The third-order valence-electron chi connectivity index (χ3n) is 2.50. The summed E-state index contributed by atoms with van der Waals surface area (Å²) >= 11 is 1.84. The smallest absolute Gasteiger partial charge is 0.189 e. The molecule has 0 radical (unpaired) electrons. The zero-order valence-corrected chi connectivity index (χ0v) is 11.6. The van der Waals surface area contributed by atoms with Crippen LogP contribution >= 0.6 is 11.8 Å². The van der Waals surface area contributed by atoms with E-state index >= 15 is 0 Å². The van der Waals surface area contributed by atoms with Gasteiger partial charge in [-0.25, -0.2) is 0 Å². The number of oxime groups is 1. The second-order valence-corrected chi connectivity index (χ2v) is 5.10. The molecule has 1 unspecified atom stereocenters. The highest BCUT2D eigenvalue weighted by molar-refractivity contribution is 7.98. The Morgan fingerprint density at radius 2 is 2.44 bits per heavy atom. The van der Waals surface area contributed by atoms with Crippen molar-refractivity contribution in [2.45, 2.75) is 13.5 Å². The van der Waals surface area contributed by atoms with Gasteiger partial charge in [-0.2, -0.15) is 11.8 Å². The lowest BCUT2D eigenvalue weighted by molar-refractivity contribution is 0.318. The molecule has 1 atom stereocenters. The number of nitrogens with two attached hydrogens (primary N) is 1. The lowest BCUT2D eigenvalue weighted by Crippen LogP contribution is -2.25. The maximum atomic E-state index is 8.70. The molecule has 1 heterocycles. The van der Waals surface area contributed by atoms with Crippen LogP contribution in [0.2, 0.25) is 0 Å². The molecule has 0 saturated carbocycles. The molecule has 0 aromatic carbocycles. The van der Waals surface area contributed by atoms with Gasteiger partial charge < -0.3 is 16.3 Å². The summed E-state index contributed by atoms with van der Waals surface area (Å²) in [5, 5.41) is 15.0. The average Bonchev–Trinajstić information content (AvgIpc) is 2.39. The number of amidine groups is 1. The molecule has 0 aliphatic heterocycles. The number of rotatable bonds is 7. The van der Waals surface area contributed by atoms with Crippen LogP contribution in [0.4, 0.5) is 0 Å². The molecule has 1 aromatic heterocycles. The number of pyridine rings is 1. The molecule has 0 aliphatic carbocycles. The zero-order chi connectivity index (χ0) is 13.4. The first kappa shape index (κ1) is 14.8. The first-order valence-corrected chi connectivity index (χ1v) is 7.19. The zero-order valence-electron chi connectivity index (χ0n) is 10.8. The van der Waals surface area contributed by atoms with E-state index in [-0.39, 0.29) is 5.84 Å². The number of hydrogen-bond donors (Lipinski definition) is 3. The molecule has 5 nitrogen and oxygen atoms in total. The van der Waals surface area contributed by atoms with Crippen molar-refractivity contribution in [3.63, 3.8) is 0 Å². The Hall–Kier alpha value is -1.27. The van der Waals surface area contributed by atoms with Crippen molar-refractivity contribution in [1.82, 2.24) is 10.3 Å². The molecule has 0 saturated heterocycles. The quantitative estimate of drug-likeness (QED) is 0.300. The lowest BCUT2D eigenvalue weighted by atomic mass is 10.1. The lowest BCUT2D eigenvalue weighted by Gasteiger charge is -2.12. The minimum atomic E-state index is 0.0459. The van der Waals surface area contributed by atoms with Crippen LogP contribution in [0.25, 0.3) is 0 Å². The predicted molar refractivity (Wildman–Crippen MR) is 76.0 cm³/mol. The van der Waals surface area contributed by atoms with Crippen LogP contribution in [0.1, 0.15) is 18.2 Å². The Morgan fingerprint density at radius 1 is 1.67 bits per heavy atom. The summed E-state index contributed by atoms with van der Waals surface area (Å²) in [5.41, 5.74) is 7.05. The van der Waals surface area contributed by atoms with Crippen LogP contribution in [-0.4, -0.2) is 34.6 Å². The van der Waals surface area contributed by atoms with E-state index in [1.165, 1.54) is 0 Å². The fourth-order valence-corrected chi connectivity index (χ4v) is 2.34. The summed E-state index contributed by atoms with van der Waals surface area (Å²) < 4.78 is 0. The Bertz CT molecular complexity index is 397. The van der Waals surface area contributed by atoms with Gasteiger partial charge in [-0.1, -0.05) is 18.1 Å². The summed E-state index contributed by atoms with van der Waals surface area (Å²) in [6, 6.07) is 3.77. The Balaban J connectivity index is 2.57. The highest BCUT2D eigenvalue weighted by Crippen LogP contribution is 2.06. The monoisotopic (exact) mass is 268 g/mol. The van der Waals surface area contributed by atoms with Gasteiger partial charge in [0.05, 0.1) is 0 Å². The standard InChI is InChI=1S/C12H20N4OS/c1-9(8-18-2)6-14-7-10-4-3-5-15-11(10)12(13)16-17/h3-5,9,14,17H,6-8H2,1-2H3,(H2,13,16). The van der Waals surface area contributed by atoms with E-state index in [1.54, 1.807) is 6.20 Å².